The molecule has 8 aromatic carbocycles. The van der Waals surface area contributed by atoms with E-state index in [0.717, 1.165) is 58.5 Å². The summed E-state index contributed by atoms with van der Waals surface area (Å²) in [6.45, 7) is 18.8. The summed E-state index contributed by atoms with van der Waals surface area (Å²) in [4.78, 5) is 10.4. The molecule has 0 bridgehead atoms. The molecule has 0 fully saturated rings. The first-order valence-corrected chi connectivity index (χ1v) is 27.1. The first-order valence-electron chi connectivity index (χ1n) is 25.4. The van der Waals surface area contributed by atoms with Gasteiger partial charge in [-0.2, -0.15) is 0 Å². The summed E-state index contributed by atoms with van der Waals surface area (Å²) in [5.74, 6) is 1.07. The van der Waals surface area contributed by atoms with Gasteiger partial charge in [-0.3, -0.25) is 0 Å². The summed E-state index contributed by atoms with van der Waals surface area (Å²) in [6.07, 6.45) is 7.36. The van der Waals surface area contributed by atoms with E-state index in [9.17, 15) is 0 Å². The van der Waals surface area contributed by atoms with E-state index in [1.54, 1.807) is 0 Å². The Kier molecular flexibility index (Phi) is 17.5. The van der Waals surface area contributed by atoms with Crippen molar-refractivity contribution in [1.29, 1.82) is 5.41 Å². The van der Waals surface area contributed by atoms with Crippen LogP contribution in [0.15, 0.2) is 222 Å². The molecule has 0 aliphatic carbocycles. The van der Waals surface area contributed by atoms with Gasteiger partial charge in [0.25, 0.3) is 0 Å². The van der Waals surface area contributed by atoms with Crippen LogP contribution >= 0.6 is 22.7 Å². The van der Waals surface area contributed by atoms with Gasteiger partial charge < -0.3 is 5.41 Å². The molecule has 0 aliphatic rings. The minimum Gasteiger partial charge on any atom is -0.304 e. The van der Waals surface area contributed by atoms with Crippen molar-refractivity contribution in [2.75, 3.05) is 0 Å². The number of rotatable bonds is 12. The first kappa shape index (κ1) is 51.8. The van der Waals surface area contributed by atoms with Crippen molar-refractivity contribution in [1.82, 2.24) is 0 Å². The highest BCUT2D eigenvalue weighted by molar-refractivity contribution is 7.26. The van der Waals surface area contributed by atoms with Crippen molar-refractivity contribution in [3.63, 3.8) is 0 Å². The minimum absolute atomic E-state index is 0.368. The number of fused-ring (bicyclic) bond motifs is 6. The molecule has 0 saturated carbocycles. The molecule has 10 rings (SSSR count). The number of hydrogen-bond donors (Lipinski definition) is 1. The quantitative estimate of drug-likeness (QED) is 0.0937. The molecule has 10 aromatic rings. The van der Waals surface area contributed by atoms with Crippen molar-refractivity contribution < 1.29 is 0 Å². The lowest BCUT2D eigenvalue weighted by Crippen LogP contribution is -2.09. The zero-order chi connectivity index (χ0) is 51.3. The summed E-state index contributed by atoms with van der Waals surface area (Å²) in [5.41, 5.74) is 14.7. The Morgan fingerprint density at radius 2 is 1.01 bits per heavy atom. The van der Waals surface area contributed by atoms with Crippen LogP contribution in [-0.4, -0.2) is 17.8 Å². The third-order valence-corrected chi connectivity index (χ3v) is 15.6. The molecule has 73 heavy (non-hydrogen) atoms. The summed E-state index contributed by atoms with van der Waals surface area (Å²) < 4.78 is 5.18. The topological polar surface area (TPSA) is 48.6 Å². The van der Waals surface area contributed by atoms with E-state index in [4.69, 9.17) is 15.4 Å². The number of thiophene rings is 2. The van der Waals surface area contributed by atoms with Gasteiger partial charge in [0.05, 0.1) is 5.70 Å². The Bertz CT molecular complexity index is 3630. The highest BCUT2D eigenvalue weighted by atomic mass is 32.1. The maximum atomic E-state index is 7.84. The minimum atomic E-state index is 0.368. The van der Waals surface area contributed by atoms with Gasteiger partial charge >= 0.3 is 0 Å². The van der Waals surface area contributed by atoms with Crippen LogP contribution in [0.2, 0.25) is 0 Å². The average Bonchev–Trinajstić information content (AvgIpc) is 4.02. The van der Waals surface area contributed by atoms with Crippen LogP contribution in [0, 0.1) is 11.3 Å². The Morgan fingerprint density at radius 1 is 0.534 bits per heavy atom. The number of allylic oxidation sites excluding steroid dienone is 3. The summed E-state index contributed by atoms with van der Waals surface area (Å²) in [6, 6.07) is 68.0. The van der Waals surface area contributed by atoms with E-state index in [1.165, 1.54) is 73.7 Å². The molecular formula is C68H65N3S2. The van der Waals surface area contributed by atoms with Gasteiger partial charge in [-0.1, -0.05) is 209 Å². The number of nitrogens with one attached hydrogen (secondary N) is 1. The summed E-state index contributed by atoms with van der Waals surface area (Å²) in [5, 5.41) is 13.0. The lowest BCUT2D eigenvalue weighted by molar-refractivity contribution is 0.736. The van der Waals surface area contributed by atoms with E-state index >= 15 is 0 Å². The molecule has 3 nitrogen and oxygen atoms in total. The summed E-state index contributed by atoms with van der Waals surface area (Å²) >= 11 is 3.72. The molecule has 5 heteroatoms. The predicted octanol–water partition coefficient (Wildman–Crippen LogP) is 20.4. The van der Waals surface area contributed by atoms with Crippen LogP contribution in [-0.2, 0) is 0 Å². The molecule has 1 unspecified atom stereocenters. The van der Waals surface area contributed by atoms with E-state index in [-0.39, 0.29) is 0 Å². The molecule has 0 amide bonds. The van der Waals surface area contributed by atoms with Gasteiger partial charge in [0.1, 0.15) is 0 Å². The molecule has 2 aromatic heterocycles. The van der Waals surface area contributed by atoms with Gasteiger partial charge in [0, 0.05) is 69.0 Å². The fourth-order valence-corrected chi connectivity index (χ4v) is 10.9. The van der Waals surface area contributed by atoms with Gasteiger partial charge in [-0.05, 0) is 116 Å². The molecule has 0 saturated heterocycles. The van der Waals surface area contributed by atoms with Crippen LogP contribution in [0.25, 0.3) is 68.8 Å². The molecule has 2 heterocycles. The highest BCUT2D eigenvalue weighted by Crippen LogP contribution is 2.41. The molecule has 1 atom stereocenters. The molecule has 1 N–H and O–H groups in total. The average molecular weight is 988 g/mol. The smallest absolute Gasteiger partial charge is 0.159 e. The van der Waals surface area contributed by atoms with Crippen molar-refractivity contribution in [2.24, 2.45) is 15.9 Å². The monoisotopic (exact) mass is 987 g/mol. The highest BCUT2D eigenvalue weighted by Gasteiger charge is 2.15. The largest absolute Gasteiger partial charge is 0.304 e. The zero-order valence-corrected chi connectivity index (χ0v) is 44.9. The standard InChI is InChI=1S/C48H40N2S2.C11H15N.C9H10/c1-5-31(3)27-37-19-13-21-43-45(37)39-28-35(23-25-41(39)51-43)36-24-26-42-40(29-36)46-38(20-14-22-44(46)52-42)30-49-48(34-17-11-8-12-18-34)50-47(32(4)6-2)33-15-9-7-10-16-33;1-3-9(2)11(12)10-7-5-4-6-8-10;1-8(2)9-6-4-3-5-7-9/h7-30H,5-6H2,1-4H3;4-9,12H,3H2,1-2H3;3-7H,1H2,2H3/b31-27+,47-32?,49-30?,50-48?;;. The maximum absolute atomic E-state index is 7.84. The van der Waals surface area contributed by atoms with Crippen LogP contribution in [0.3, 0.4) is 0 Å². The number of hydrogen-bond acceptors (Lipinski definition) is 4. The lowest BCUT2D eigenvalue weighted by atomic mass is 9.96. The Balaban J connectivity index is 0.000000280. The molecule has 0 spiro atoms. The Hall–Kier alpha value is -7.57. The van der Waals surface area contributed by atoms with Crippen LogP contribution < -0.4 is 0 Å². The van der Waals surface area contributed by atoms with E-state index < -0.39 is 0 Å². The zero-order valence-electron chi connectivity index (χ0n) is 43.2. The summed E-state index contributed by atoms with van der Waals surface area (Å²) in [7, 11) is 0. The fourth-order valence-electron chi connectivity index (χ4n) is 8.65. The third-order valence-electron chi connectivity index (χ3n) is 13.4. The normalized spacial score (nSPS) is 12.6. The maximum Gasteiger partial charge on any atom is 0.159 e. The van der Waals surface area contributed by atoms with Crippen molar-refractivity contribution in [3.05, 3.63) is 245 Å². The number of benzene rings is 8. The lowest BCUT2D eigenvalue weighted by Gasteiger charge is -2.10. The van der Waals surface area contributed by atoms with Crippen LogP contribution in [0.4, 0.5) is 0 Å². The number of aliphatic imine (C=N–C) groups is 2. The van der Waals surface area contributed by atoms with Crippen molar-refractivity contribution >= 4 is 98.1 Å². The van der Waals surface area contributed by atoms with Crippen LogP contribution in [0.1, 0.15) is 101 Å². The molecule has 0 aliphatic heterocycles. The Labute approximate surface area is 440 Å². The van der Waals surface area contributed by atoms with Crippen LogP contribution in [0.5, 0.6) is 0 Å². The third kappa shape index (κ3) is 12.6. The second-order valence-corrected chi connectivity index (χ2v) is 20.7. The van der Waals surface area contributed by atoms with Gasteiger partial charge in [-0.25, -0.2) is 9.98 Å². The molecule has 0 radical (unpaired) electrons. The second-order valence-electron chi connectivity index (χ2n) is 18.6. The van der Waals surface area contributed by atoms with E-state index in [1.807, 2.05) is 109 Å². The van der Waals surface area contributed by atoms with Gasteiger partial charge in [-0.15, -0.1) is 22.7 Å². The number of amidine groups is 1. The van der Waals surface area contributed by atoms with E-state index in [0.29, 0.717) is 11.8 Å². The molecular weight excluding hydrogens is 923 g/mol. The van der Waals surface area contributed by atoms with Crippen molar-refractivity contribution in [2.45, 2.75) is 67.7 Å². The van der Waals surface area contributed by atoms with Gasteiger partial charge in [0.15, 0.2) is 5.84 Å². The Morgan fingerprint density at radius 3 is 1.49 bits per heavy atom. The van der Waals surface area contributed by atoms with Gasteiger partial charge in [0.2, 0.25) is 0 Å². The fraction of sp³-hybridized carbons (Fsp3) is 0.162. The first-order chi connectivity index (χ1) is 35.6. The van der Waals surface area contributed by atoms with E-state index in [2.05, 4.69) is 176 Å². The SMILES string of the molecule is C=C(C)c1ccccc1.CCC(C)=C(N=C(N=Cc1cccc2sc3ccc(-c4ccc5sc6cccc(/C=C(\C)CC)c6c5c4)cc3c12)c1ccccc1)c1ccccc1.CCC(C)C(=N)c1ccccc1. The molecule has 364 valence electrons. The predicted molar refractivity (Wildman–Crippen MR) is 325 cm³/mol. The number of nitrogens with zero attached hydrogens (tertiary/aromatic N) is 2. The van der Waals surface area contributed by atoms with Crippen molar-refractivity contribution in [3.8, 4) is 11.1 Å². The second kappa shape index (κ2) is 24.7.